The summed E-state index contributed by atoms with van der Waals surface area (Å²) in [7, 11) is 0. The van der Waals surface area contributed by atoms with Crippen LogP contribution in [0.4, 0.5) is 10.1 Å². The average Bonchev–Trinajstić information content (AvgIpc) is 2.78. The van der Waals surface area contributed by atoms with Crippen molar-refractivity contribution in [3.05, 3.63) is 94.3 Å². The second-order valence-electron chi connectivity index (χ2n) is 7.58. The van der Waals surface area contributed by atoms with Crippen molar-refractivity contribution in [1.29, 1.82) is 5.26 Å². The first kappa shape index (κ1) is 21.6. The van der Waals surface area contributed by atoms with E-state index in [4.69, 9.17) is 10.4 Å². The van der Waals surface area contributed by atoms with Gasteiger partial charge in [-0.2, -0.15) is 5.26 Å². The molecule has 0 saturated carbocycles. The van der Waals surface area contributed by atoms with Crippen LogP contribution in [0.25, 0.3) is 0 Å². The van der Waals surface area contributed by atoms with Gasteiger partial charge in [-0.3, -0.25) is 4.79 Å². The molecule has 1 aliphatic heterocycles. The maximum absolute atomic E-state index is 14.7. The van der Waals surface area contributed by atoms with E-state index in [1.54, 1.807) is 41.3 Å². The summed E-state index contributed by atoms with van der Waals surface area (Å²) >= 11 is 1.20. The van der Waals surface area contributed by atoms with Gasteiger partial charge >= 0.3 is 5.97 Å². The lowest BCUT2D eigenvalue weighted by Crippen LogP contribution is -2.41. The predicted octanol–water partition coefficient (Wildman–Crippen LogP) is 4.95. The normalized spacial score (nSPS) is 15.2. The van der Waals surface area contributed by atoms with Gasteiger partial charge in [-0.25, -0.2) is 9.18 Å². The number of nitrogens with zero attached hydrogens (tertiary/aromatic N) is 2. The first-order chi connectivity index (χ1) is 15.4. The van der Waals surface area contributed by atoms with Crippen molar-refractivity contribution >= 4 is 29.3 Å². The van der Waals surface area contributed by atoms with Crippen LogP contribution in [0.1, 0.15) is 32.6 Å². The molecule has 1 amide bonds. The Labute approximate surface area is 189 Å². The highest BCUT2D eigenvalue weighted by atomic mass is 32.2. The fourth-order valence-electron chi connectivity index (χ4n) is 3.71. The number of halogens is 1. The van der Waals surface area contributed by atoms with Crippen LogP contribution in [0.5, 0.6) is 0 Å². The average molecular weight is 447 g/mol. The Morgan fingerprint density at radius 2 is 1.94 bits per heavy atom. The van der Waals surface area contributed by atoms with Crippen LogP contribution in [-0.2, 0) is 17.8 Å². The summed E-state index contributed by atoms with van der Waals surface area (Å²) in [6, 6.07) is 18.5. The van der Waals surface area contributed by atoms with Crippen molar-refractivity contribution in [3.63, 3.8) is 0 Å². The van der Waals surface area contributed by atoms with Gasteiger partial charge in [-0.15, -0.1) is 11.8 Å². The zero-order valence-electron chi connectivity index (χ0n) is 17.2. The number of carbonyl (C=O) groups excluding carboxylic acids is 1. The summed E-state index contributed by atoms with van der Waals surface area (Å²) in [6.07, 6.45) is 0.347. The van der Waals surface area contributed by atoms with Gasteiger partial charge in [0.25, 0.3) is 0 Å². The first-order valence-electron chi connectivity index (χ1n) is 9.96. The van der Waals surface area contributed by atoms with Crippen molar-refractivity contribution in [2.45, 2.75) is 30.0 Å². The Morgan fingerprint density at radius 3 is 2.59 bits per heavy atom. The molecule has 1 aliphatic rings. The minimum absolute atomic E-state index is 0.140. The molecule has 0 aliphatic carbocycles. The van der Waals surface area contributed by atoms with Gasteiger partial charge in [0.1, 0.15) is 5.82 Å². The van der Waals surface area contributed by atoms with Crippen LogP contribution in [0.3, 0.4) is 0 Å². The molecule has 0 saturated heterocycles. The lowest BCUT2D eigenvalue weighted by atomic mass is 10.0. The number of hydrogen-bond acceptors (Lipinski definition) is 4. The van der Waals surface area contributed by atoms with Crippen LogP contribution in [0.2, 0.25) is 0 Å². The van der Waals surface area contributed by atoms with Crippen molar-refractivity contribution in [3.8, 4) is 6.07 Å². The number of thioether (sulfide) groups is 1. The van der Waals surface area contributed by atoms with Crippen molar-refractivity contribution in [2.75, 3.05) is 4.90 Å². The van der Waals surface area contributed by atoms with Crippen molar-refractivity contribution < 1.29 is 19.1 Å². The minimum atomic E-state index is -1.01. The summed E-state index contributed by atoms with van der Waals surface area (Å²) in [6.45, 7) is 2.15. The van der Waals surface area contributed by atoms with E-state index in [1.807, 2.05) is 13.0 Å². The quantitative estimate of drug-likeness (QED) is 0.599. The first-order valence-corrected chi connectivity index (χ1v) is 10.8. The summed E-state index contributed by atoms with van der Waals surface area (Å²) in [5.74, 6) is -1.54. The smallest absolute Gasteiger partial charge is 0.335 e. The Hall–Kier alpha value is -3.63. The molecule has 1 atom stereocenters. The highest BCUT2D eigenvalue weighted by molar-refractivity contribution is 8.01. The molecular weight excluding hydrogens is 427 g/mol. The molecule has 1 heterocycles. The van der Waals surface area contributed by atoms with E-state index < -0.39 is 11.2 Å². The molecule has 3 aromatic carbocycles. The van der Waals surface area contributed by atoms with Gasteiger partial charge in [0, 0.05) is 0 Å². The Kier molecular flexibility index (Phi) is 5.97. The van der Waals surface area contributed by atoms with Gasteiger partial charge < -0.3 is 10.0 Å². The van der Waals surface area contributed by atoms with Gasteiger partial charge in [-0.1, -0.05) is 24.3 Å². The van der Waals surface area contributed by atoms with Crippen LogP contribution in [-0.4, -0.2) is 22.2 Å². The second-order valence-corrected chi connectivity index (χ2v) is 8.79. The Bertz CT molecular complexity index is 1250. The van der Waals surface area contributed by atoms with Crippen LogP contribution in [0, 0.1) is 24.1 Å². The molecule has 3 aromatic rings. The minimum Gasteiger partial charge on any atom is -0.478 e. The second kappa shape index (κ2) is 8.85. The molecule has 7 heteroatoms. The molecule has 0 radical (unpaired) electrons. The SMILES string of the molecule is Cc1cc(C#N)ccc1CN1C(=O)[C@H](Cc2ccc(C(=O)O)cc2)Sc2c(F)cccc21. The van der Waals surface area contributed by atoms with Gasteiger partial charge in [0.2, 0.25) is 5.91 Å². The third-order valence-corrected chi connectivity index (χ3v) is 6.75. The molecule has 160 valence electrons. The van der Waals surface area contributed by atoms with Crippen molar-refractivity contribution in [2.24, 2.45) is 0 Å². The number of aromatic carboxylic acids is 1. The maximum atomic E-state index is 14.7. The summed E-state index contributed by atoms with van der Waals surface area (Å²) in [4.78, 5) is 26.6. The fraction of sp³-hybridized carbons (Fsp3) is 0.160. The number of nitriles is 1. The number of hydrogen-bond donors (Lipinski definition) is 1. The fourth-order valence-corrected chi connectivity index (χ4v) is 4.98. The molecule has 0 bridgehead atoms. The molecule has 5 nitrogen and oxygen atoms in total. The van der Waals surface area contributed by atoms with Gasteiger partial charge in [0.15, 0.2) is 0 Å². The molecule has 0 spiro atoms. The predicted molar refractivity (Wildman–Crippen MR) is 120 cm³/mol. The third-order valence-electron chi connectivity index (χ3n) is 5.46. The molecule has 1 N–H and O–H groups in total. The number of aryl methyl sites for hydroxylation is 1. The zero-order chi connectivity index (χ0) is 22.8. The van der Waals surface area contributed by atoms with Crippen molar-refractivity contribution in [1.82, 2.24) is 0 Å². The van der Waals surface area contributed by atoms with Crippen LogP contribution in [0.15, 0.2) is 65.6 Å². The summed E-state index contributed by atoms with van der Waals surface area (Å²) in [5, 5.41) is 17.6. The Morgan fingerprint density at radius 1 is 1.19 bits per heavy atom. The number of benzene rings is 3. The highest BCUT2D eigenvalue weighted by Gasteiger charge is 2.35. The summed E-state index contributed by atoms with van der Waals surface area (Å²) < 4.78 is 14.7. The lowest BCUT2D eigenvalue weighted by molar-refractivity contribution is -0.118. The van der Waals surface area contributed by atoms with E-state index in [9.17, 15) is 14.0 Å². The van der Waals surface area contributed by atoms with Crippen LogP contribution < -0.4 is 4.90 Å². The maximum Gasteiger partial charge on any atom is 0.335 e. The molecule has 0 unspecified atom stereocenters. The van der Waals surface area contributed by atoms with Crippen LogP contribution >= 0.6 is 11.8 Å². The highest BCUT2D eigenvalue weighted by Crippen LogP contribution is 2.42. The zero-order valence-corrected chi connectivity index (χ0v) is 18.0. The van der Waals surface area contributed by atoms with E-state index in [-0.39, 0.29) is 23.8 Å². The number of carboxylic acids is 1. The van der Waals surface area contributed by atoms with E-state index in [1.165, 1.54) is 30.0 Å². The third kappa shape index (κ3) is 4.23. The van der Waals surface area contributed by atoms with Gasteiger partial charge in [-0.05, 0) is 66.4 Å². The molecule has 4 rings (SSSR count). The lowest BCUT2D eigenvalue weighted by Gasteiger charge is -2.34. The van der Waals surface area contributed by atoms with E-state index >= 15 is 0 Å². The topological polar surface area (TPSA) is 81.4 Å². The number of rotatable bonds is 5. The standard InChI is InChI=1S/C25H19FN2O3S/c1-15-11-17(13-27)7-10-19(15)14-28-21-4-2-3-20(26)23(21)32-22(24(28)29)12-16-5-8-18(9-6-16)25(30)31/h2-11,22H,12,14H2,1H3,(H,30,31)/t22-/m0/s1. The number of fused-ring (bicyclic) bond motifs is 1. The number of amides is 1. The summed E-state index contributed by atoms with van der Waals surface area (Å²) in [5.41, 5.74) is 3.81. The van der Waals surface area contributed by atoms with E-state index in [0.717, 1.165) is 16.7 Å². The molecular formula is C25H19FN2O3S. The van der Waals surface area contributed by atoms with E-state index in [2.05, 4.69) is 6.07 Å². The Balaban J connectivity index is 1.66. The van der Waals surface area contributed by atoms with E-state index in [0.29, 0.717) is 22.6 Å². The molecule has 0 fully saturated rings. The number of carboxylic acid groups (broad SMARTS) is 1. The monoisotopic (exact) mass is 446 g/mol. The van der Waals surface area contributed by atoms with Gasteiger partial charge in [0.05, 0.1) is 39.6 Å². The number of anilines is 1. The molecule has 0 aromatic heterocycles. The number of carbonyl (C=O) groups is 2. The largest absolute Gasteiger partial charge is 0.478 e. The molecule has 32 heavy (non-hydrogen) atoms.